The Labute approximate surface area is 160 Å². The van der Waals surface area contributed by atoms with Gasteiger partial charge in [-0.3, -0.25) is 4.79 Å². The van der Waals surface area contributed by atoms with E-state index in [-0.39, 0.29) is 24.3 Å². The fraction of sp³-hybridized carbons (Fsp3) is 0.381. The summed E-state index contributed by atoms with van der Waals surface area (Å²) in [5.74, 6) is 0.548. The van der Waals surface area contributed by atoms with Crippen molar-refractivity contribution in [2.45, 2.75) is 31.6 Å². The number of ether oxygens (including phenoxy) is 1. The summed E-state index contributed by atoms with van der Waals surface area (Å²) in [7, 11) is -3.30. The number of sulfone groups is 1. The fourth-order valence-corrected chi connectivity index (χ4v) is 5.12. The highest BCUT2D eigenvalue weighted by Crippen LogP contribution is 2.29. The molecule has 2 aromatic carbocycles. The summed E-state index contributed by atoms with van der Waals surface area (Å²) in [5, 5.41) is -0.557. The Morgan fingerprint density at radius 3 is 2.33 bits per heavy atom. The van der Waals surface area contributed by atoms with Crippen molar-refractivity contribution >= 4 is 15.7 Å². The molecular weight excluding hydrogens is 362 g/mol. The number of benzene rings is 2. The first kappa shape index (κ1) is 19.4. The van der Waals surface area contributed by atoms with E-state index in [0.29, 0.717) is 24.3 Å². The third kappa shape index (κ3) is 4.69. The van der Waals surface area contributed by atoms with Crippen LogP contribution < -0.4 is 4.74 Å². The summed E-state index contributed by atoms with van der Waals surface area (Å²) in [5.41, 5.74) is 1.34. The largest absolute Gasteiger partial charge is 0.491 e. The summed E-state index contributed by atoms with van der Waals surface area (Å²) in [6, 6.07) is 16.2. The van der Waals surface area contributed by atoms with Gasteiger partial charge in [-0.2, -0.15) is 0 Å². The molecule has 144 valence electrons. The Morgan fingerprint density at radius 2 is 1.70 bits per heavy atom. The van der Waals surface area contributed by atoms with Gasteiger partial charge in [-0.1, -0.05) is 30.3 Å². The highest BCUT2D eigenvalue weighted by Gasteiger charge is 2.32. The lowest BCUT2D eigenvalue weighted by Gasteiger charge is -2.20. The standard InChI is InChI=1S/C21H25NO4S/c1-16(2)26-19-10-8-18(9-11-19)21(23)22-13-12-20(27(24,25)15-14-22)17-6-4-3-5-7-17/h3-11,16,20H,12-15H2,1-2H3/t20-/m1/s1. The van der Waals surface area contributed by atoms with Gasteiger partial charge in [0.2, 0.25) is 0 Å². The number of rotatable bonds is 4. The van der Waals surface area contributed by atoms with Crippen molar-refractivity contribution in [3.05, 3.63) is 65.7 Å². The summed E-state index contributed by atoms with van der Waals surface area (Å²) >= 11 is 0. The zero-order valence-electron chi connectivity index (χ0n) is 15.7. The number of hydrogen-bond acceptors (Lipinski definition) is 4. The number of nitrogens with zero attached hydrogens (tertiary/aromatic N) is 1. The number of amides is 1. The molecule has 0 aliphatic carbocycles. The van der Waals surface area contributed by atoms with Crippen LogP contribution >= 0.6 is 0 Å². The van der Waals surface area contributed by atoms with E-state index in [2.05, 4.69) is 0 Å². The normalized spacial score (nSPS) is 19.5. The molecule has 0 saturated carbocycles. The number of carbonyl (C=O) groups excluding carboxylic acids is 1. The molecule has 3 rings (SSSR count). The maximum atomic E-state index is 12.8. The predicted molar refractivity (Wildman–Crippen MR) is 106 cm³/mol. The second-order valence-corrected chi connectivity index (χ2v) is 9.34. The van der Waals surface area contributed by atoms with E-state index in [9.17, 15) is 13.2 Å². The van der Waals surface area contributed by atoms with E-state index >= 15 is 0 Å². The first-order valence-corrected chi connectivity index (χ1v) is 10.9. The summed E-state index contributed by atoms with van der Waals surface area (Å²) in [6.45, 7) is 4.52. The van der Waals surface area contributed by atoms with Crippen LogP contribution in [0, 0.1) is 0 Å². The highest BCUT2D eigenvalue weighted by atomic mass is 32.2. The van der Waals surface area contributed by atoms with E-state index in [0.717, 1.165) is 5.56 Å². The Bertz CT molecular complexity index is 876. The van der Waals surface area contributed by atoms with Crippen molar-refractivity contribution in [1.29, 1.82) is 0 Å². The summed E-state index contributed by atoms with van der Waals surface area (Å²) < 4.78 is 31.0. The van der Waals surface area contributed by atoms with Crippen LogP contribution in [0.3, 0.4) is 0 Å². The molecule has 1 atom stereocenters. The van der Waals surface area contributed by atoms with Crippen LogP contribution in [-0.2, 0) is 9.84 Å². The first-order chi connectivity index (χ1) is 12.9. The molecule has 2 aromatic rings. The molecule has 5 nitrogen and oxygen atoms in total. The SMILES string of the molecule is CC(C)Oc1ccc(C(=O)N2CC[C@H](c3ccccc3)S(=O)(=O)CC2)cc1. The van der Waals surface area contributed by atoms with Crippen molar-refractivity contribution in [1.82, 2.24) is 4.90 Å². The molecule has 1 amide bonds. The number of carbonyl (C=O) groups is 1. The lowest BCUT2D eigenvalue weighted by Crippen LogP contribution is -2.33. The van der Waals surface area contributed by atoms with Crippen molar-refractivity contribution in [3.63, 3.8) is 0 Å². The Hall–Kier alpha value is -2.34. The smallest absolute Gasteiger partial charge is 0.253 e. The molecule has 1 aliphatic heterocycles. The molecule has 0 N–H and O–H groups in total. The monoisotopic (exact) mass is 387 g/mol. The van der Waals surface area contributed by atoms with Crippen molar-refractivity contribution in [2.24, 2.45) is 0 Å². The predicted octanol–water partition coefficient (Wildman–Crippen LogP) is 3.48. The molecule has 0 unspecified atom stereocenters. The Morgan fingerprint density at radius 1 is 1.04 bits per heavy atom. The van der Waals surface area contributed by atoms with Crippen LogP contribution in [-0.4, -0.2) is 44.2 Å². The minimum Gasteiger partial charge on any atom is -0.491 e. The van der Waals surface area contributed by atoms with Gasteiger partial charge < -0.3 is 9.64 Å². The van der Waals surface area contributed by atoms with Gasteiger partial charge in [0.1, 0.15) is 5.75 Å². The van der Waals surface area contributed by atoms with Gasteiger partial charge in [-0.05, 0) is 50.1 Å². The zero-order valence-corrected chi connectivity index (χ0v) is 16.5. The average molecular weight is 388 g/mol. The third-order valence-corrected chi connectivity index (χ3v) is 6.80. The van der Waals surface area contributed by atoms with Gasteiger partial charge in [0.25, 0.3) is 5.91 Å². The molecule has 1 saturated heterocycles. The van der Waals surface area contributed by atoms with E-state index < -0.39 is 15.1 Å². The van der Waals surface area contributed by atoms with E-state index in [4.69, 9.17) is 4.74 Å². The molecule has 6 heteroatoms. The van der Waals surface area contributed by atoms with Crippen molar-refractivity contribution < 1.29 is 17.9 Å². The molecule has 0 aromatic heterocycles. The zero-order chi connectivity index (χ0) is 19.4. The molecule has 1 heterocycles. The van der Waals surface area contributed by atoms with Crippen LogP contribution in [0.1, 0.15) is 41.4 Å². The lowest BCUT2D eigenvalue weighted by molar-refractivity contribution is 0.0766. The van der Waals surface area contributed by atoms with Crippen molar-refractivity contribution in [3.8, 4) is 5.75 Å². The summed E-state index contributed by atoms with van der Waals surface area (Å²) in [4.78, 5) is 14.5. The lowest BCUT2D eigenvalue weighted by atomic mass is 10.1. The van der Waals surface area contributed by atoms with Gasteiger partial charge in [0.05, 0.1) is 17.1 Å². The molecule has 1 fully saturated rings. The van der Waals surface area contributed by atoms with Gasteiger partial charge in [-0.15, -0.1) is 0 Å². The van der Waals surface area contributed by atoms with E-state index in [1.165, 1.54) is 0 Å². The molecule has 1 aliphatic rings. The Balaban J connectivity index is 1.74. The maximum Gasteiger partial charge on any atom is 0.253 e. The van der Waals surface area contributed by atoms with Gasteiger partial charge in [0.15, 0.2) is 9.84 Å². The second kappa shape index (κ2) is 8.13. The average Bonchev–Trinajstić information content (AvgIpc) is 2.80. The van der Waals surface area contributed by atoms with Gasteiger partial charge >= 0.3 is 0 Å². The maximum absolute atomic E-state index is 12.8. The van der Waals surface area contributed by atoms with Gasteiger partial charge in [-0.25, -0.2) is 8.42 Å². The molecular formula is C21H25NO4S. The third-order valence-electron chi connectivity index (χ3n) is 4.67. The second-order valence-electron chi connectivity index (χ2n) is 7.04. The van der Waals surface area contributed by atoms with E-state index in [1.54, 1.807) is 29.2 Å². The summed E-state index contributed by atoms with van der Waals surface area (Å²) in [6.07, 6.45) is 0.476. The van der Waals surface area contributed by atoms with Crippen LogP contribution in [0.4, 0.5) is 0 Å². The fourth-order valence-electron chi connectivity index (χ4n) is 3.32. The molecule has 0 bridgehead atoms. The minimum absolute atomic E-state index is 0.0210. The minimum atomic E-state index is -3.30. The van der Waals surface area contributed by atoms with Crippen LogP contribution in [0.15, 0.2) is 54.6 Å². The molecule has 27 heavy (non-hydrogen) atoms. The quantitative estimate of drug-likeness (QED) is 0.806. The topological polar surface area (TPSA) is 63.7 Å². The van der Waals surface area contributed by atoms with Crippen LogP contribution in [0.25, 0.3) is 0 Å². The van der Waals surface area contributed by atoms with Crippen LogP contribution in [0.5, 0.6) is 5.75 Å². The number of hydrogen-bond donors (Lipinski definition) is 0. The molecule has 0 radical (unpaired) electrons. The first-order valence-electron chi connectivity index (χ1n) is 9.19. The van der Waals surface area contributed by atoms with Crippen molar-refractivity contribution in [2.75, 3.05) is 18.8 Å². The van der Waals surface area contributed by atoms with Crippen LogP contribution in [0.2, 0.25) is 0 Å². The molecule has 0 spiro atoms. The highest BCUT2D eigenvalue weighted by molar-refractivity contribution is 7.91. The Kier molecular flexibility index (Phi) is 5.85. The van der Waals surface area contributed by atoms with Gasteiger partial charge in [0, 0.05) is 18.7 Å². The van der Waals surface area contributed by atoms with E-state index in [1.807, 2.05) is 44.2 Å².